The summed E-state index contributed by atoms with van der Waals surface area (Å²) < 4.78 is 0. The molecular formula is C35H39S+. The molecule has 3 aromatic carbocycles. The summed E-state index contributed by atoms with van der Waals surface area (Å²) in [4.78, 5) is 4.38. The largest absolute Gasteiger partial charge is 0.166 e. The topological polar surface area (TPSA) is 0 Å². The second-order valence-corrected chi connectivity index (χ2v) is 14.8. The second-order valence-electron chi connectivity index (χ2n) is 12.8. The fraction of sp³-hybridized carbons (Fsp3) is 0.486. The first-order valence-electron chi connectivity index (χ1n) is 14.8. The van der Waals surface area contributed by atoms with Crippen LogP contribution in [0.1, 0.15) is 80.8 Å². The van der Waals surface area contributed by atoms with Crippen LogP contribution in [-0.4, -0.2) is 0 Å². The molecule has 0 heterocycles. The summed E-state index contributed by atoms with van der Waals surface area (Å²) >= 11 is 0. The van der Waals surface area contributed by atoms with Crippen LogP contribution in [0.25, 0.3) is 0 Å². The Kier molecular flexibility index (Phi) is 5.38. The number of benzene rings is 3. The lowest BCUT2D eigenvalue weighted by molar-refractivity contribution is 0.232. The van der Waals surface area contributed by atoms with Crippen LogP contribution in [0, 0.1) is 35.5 Å². The summed E-state index contributed by atoms with van der Waals surface area (Å²) in [5.41, 5.74) is 3.22. The van der Waals surface area contributed by atoms with E-state index in [2.05, 4.69) is 78.9 Å². The minimum absolute atomic E-state index is 0.0420. The van der Waals surface area contributed by atoms with Gasteiger partial charge in [0.2, 0.25) is 0 Å². The van der Waals surface area contributed by atoms with Crippen LogP contribution in [0.5, 0.6) is 0 Å². The van der Waals surface area contributed by atoms with Crippen LogP contribution in [-0.2, 0) is 10.9 Å². The van der Waals surface area contributed by atoms with E-state index in [1.807, 2.05) is 0 Å². The van der Waals surface area contributed by atoms with Crippen molar-refractivity contribution >= 4 is 10.9 Å². The van der Waals surface area contributed by atoms with Gasteiger partial charge >= 0.3 is 0 Å². The van der Waals surface area contributed by atoms with Gasteiger partial charge in [-0.1, -0.05) is 55.3 Å². The monoisotopic (exact) mass is 491 g/mol. The third-order valence-corrected chi connectivity index (χ3v) is 13.5. The fourth-order valence-electron chi connectivity index (χ4n) is 9.77. The van der Waals surface area contributed by atoms with Crippen molar-refractivity contribution in [1.82, 2.24) is 0 Å². The van der Waals surface area contributed by atoms with E-state index >= 15 is 0 Å². The minimum Gasteiger partial charge on any atom is -0.0619 e. The molecule has 0 aliphatic heterocycles. The normalized spacial score (nSPS) is 36.9. The summed E-state index contributed by atoms with van der Waals surface area (Å²) in [6, 6.07) is 31.1. The summed E-state index contributed by atoms with van der Waals surface area (Å²) in [5, 5.41) is 0. The number of fused-ring (bicyclic) bond motifs is 7. The molecule has 3 aromatic rings. The smallest absolute Gasteiger partial charge is 0.0619 e. The fourth-order valence-corrected chi connectivity index (χ4v) is 11.8. The van der Waals surface area contributed by atoms with Crippen molar-refractivity contribution in [3.63, 3.8) is 0 Å². The molecule has 5 aliphatic carbocycles. The maximum absolute atomic E-state index is 2.51. The second kappa shape index (κ2) is 8.80. The van der Waals surface area contributed by atoms with Crippen molar-refractivity contribution in [2.24, 2.45) is 35.5 Å². The van der Waals surface area contributed by atoms with Crippen LogP contribution < -0.4 is 0 Å². The summed E-state index contributed by atoms with van der Waals surface area (Å²) in [5.74, 6) is 7.72. The van der Waals surface area contributed by atoms with Gasteiger partial charge in [-0.05, 0) is 140 Å². The van der Waals surface area contributed by atoms with Crippen molar-refractivity contribution in [3.05, 3.63) is 90.0 Å². The van der Waals surface area contributed by atoms with Gasteiger partial charge in [0.15, 0.2) is 14.7 Å². The van der Waals surface area contributed by atoms with E-state index in [1.165, 1.54) is 72.5 Å². The van der Waals surface area contributed by atoms with Crippen LogP contribution in [0.2, 0.25) is 0 Å². The summed E-state index contributed by atoms with van der Waals surface area (Å²) in [6.45, 7) is 0. The van der Waals surface area contributed by atoms with Crippen molar-refractivity contribution in [2.75, 3.05) is 0 Å². The highest BCUT2D eigenvalue weighted by Gasteiger charge is 2.54. The lowest BCUT2D eigenvalue weighted by Gasteiger charge is -2.31. The van der Waals surface area contributed by atoms with Gasteiger partial charge < -0.3 is 0 Å². The zero-order valence-electron chi connectivity index (χ0n) is 21.4. The Labute approximate surface area is 220 Å². The molecule has 5 saturated carbocycles. The lowest BCUT2D eigenvalue weighted by Crippen LogP contribution is -2.23. The molecule has 0 nitrogen and oxygen atoms in total. The van der Waals surface area contributed by atoms with Crippen molar-refractivity contribution in [1.29, 1.82) is 0 Å². The van der Waals surface area contributed by atoms with Crippen LogP contribution in [0.4, 0.5) is 0 Å². The van der Waals surface area contributed by atoms with Gasteiger partial charge in [-0.15, -0.1) is 0 Å². The van der Waals surface area contributed by atoms with Crippen molar-refractivity contribution < 1.29 is 0 Å². The van der Waals surface area contributed by atoms with Gasteiger partial charge in [-0.3, -0.25) is 0 Å². The highest BCUT2D eigenvalue weighted by Crippen LogP contribution is 2.63. The van der Waals surface area contributed by atoms with Crippen molar-refractivity contribution in [3.8, 4) is 0 Å². The molecule has 0 saturated heterocycles. The lowest BCUT2D eigenvalue weighted by atomic mass is 9.73. The zero-order valence-corrected chi connectivity index (χ0v) is 22.2. The third kappa shape index (κ3) is 3.56. The molecule has 9 atom stereocenters. The first kappa shape index (κ1) is 22.0. The minimum atomic E-state index is -0.0420. The Morgan fingerprint density at radius 2 is 1.14 bits per heavy atom. The molecule has 184 valence electrons. The average Bonchev–Trinajstić information content (AvgIpc) is 3.76. The van der Waals surface area contributed by atoms with E-state index in [9.17, 15) is 0 Å². The summed E-state index contributed by atoms with van der Waals surface area (Å²) in [6.07, 6.45) is 13.4. The molecule has 0 N–H and O–H groups in total. The van der Waals surface area contributed by atoms with E-state index < -0.39 is 0 Å². The first-order valence-corrected chi connectivity index (χ1v) is 16.0. The Morgan fingerprint density at radius 1 is 0.472 bits per heavy atom. The molecule has 0 amide bonds. The SMILES string of the molecule is c1ccc([S+](c2ccc(C3CC4CCC3C4)cc2)c2ccc(C3CC4CC3C3CCCC43)cc2)cc1. The molecule has 36 heavy (non-hydrogen) atoms. The van der Waals surface area contributed by atoms with Crippen molar-refractivity contribution in [2.45, 2.75) is 84.3 Å². The number of hydrogen-bond donors (Lipinski definition) is 0. The van der Waals surface area contributed by atoms with Gasteiger partial charge in [-0.2, -0.15) is 0 Å². The average molecular weight is 492 g/mol. The van der Waals surface area contributed by atoms with Gasteiger partial charge in [0, 0.05) is 0 Å². The molecule has 5 fully saturated rings. The molecule has 0 aromatic heterocycles. The molecule has 5 aliphatic rings. The molecule has 0 spiro atoms. The van der Waals surface area contributed by atoms with E-state index in [1.54, 1.807) is 11.1 Å². The van der Waals surface area contributed by atoms with E-state index in [0.717, 1.165) is 47.3 Å². The first-order chi connectivity index (χ1) is 17.8. The standard InChI is InChI=1S/C35H39S/c1-2-5-28(6-3-1)36(29-15-11-24(12-16-29)33-20-23-9-10-26(33)19-23)30-17-13-25(14-18-30)34-21-27-22-35(34)32-8-4-7-31(27)32/h1-3,5-6,11-18,23,26-27,31-35H,4,7-10,19-22H2/q+1. The van der Waals surface area contributed by atoms with Gasteiger partial charge in [0.05, 0.1) is 10.9 Å². The predicted octanol–water partition coefficient (Wildman–Crippen LogP) is 9.23. The molecule has 9 unspecified atom stereocenters. The maximum atomic E-state index is 2.51. The highest BCUT2D eigenvalue weighted by molar-refractivity contribution is 7.97. The van der Waals surface area contributed by atoms with E-state index in [0.29, 0.717) is 0 Å². The quantitative estimate of drug-likeness (QED) is 0.312. The van der Waals surface area contributed by atoms with Gasteiger partial charge in [0.25, 0.3) is 0 Å². The van der Waals surface area contributed by atoms with E-state index in [-0.39, 0.29) is 10.9 Å². The Balaban J connectivity index is 1.08. The third-order valence-electron chi connectivity index (χ3n) is 11.2. The molecule has 4 bridgehead atoms. The molecule has 1 heteroatoms. The maximum Gasteiger partial charge on any atom is 0.166 e. The van der Waals surface area contributed by atoms with Crippen LogP contribution >= 0.6 is 0 Å². The van der Waals surface area contributed by atoms with Gasteiger partial charge in [0.1, 0.15) is 0 Å². The Hall–Kier alpha value is -1.99. The summed E-state index contributed by atoms with van der Waals surface area (Å²) in [7, 11) is -0.0420. The molecular weight excluding hydrogens is 452 g/mol. The molecule has 8 rings (SSSR count). The zero-order chi connectivity index (χ0) is 23.6. The van der Waals surface area contributed by atoms with Crippen LogP contribution in [0.15, 0.2) is 93.5 Å². The van der Waals surface area contributed by atoms with E-state index in [4.69, 9.17) is 0 Å². The Bertz CT molecular complexity index is 1210. The van der Waals surface area contributed by atoms with Crippen LogP contribution in [0.3, 0.4) is 0 Å². The highest BCUT2D eigenvalue weighted by atomic mass is 32.2. The molecule has 0 radical (unpaired) electrons. The predicted molar refractivity (Wildman–Crippen MR) is 149 cm³/mol. The Morgan fingerprint density at radius 3 is 1.81 bits per heavy atom. The van der Waals surface area contributed by atoms with Gasteiger partial charge in [-0.25, -0.2) is 0 Å². The number of hydrogen-bond acceptors (Lipinski definition) is 0. The number of rotatable bonds is 5.